The van der Waals surface area contributed by atoms with Gasteiger partial charge in [0.05, 0.1) is 11.9 Å². The summed E-state index contributed by atoms with van der Waals surface area (Å²) >= 11 is 0. The number of allylic oxidation sites excluding steroid dienone is 2. The molecule has 2 heteroatoms. The Morgan fingerprint density at radius 1 is 1.30 bits per heavy atom. The summed E-state index contributed by atoms with van der Waals surface area (Å²) in [5.41, 5.74) is 0.345. The van der Waals surface area contributed by atoms with Crippen molar-refractivity contribution in [2.45, 2.75) is 70.3 Å². The molecule has 0 amide bonds. The average molecular weight is 272 g/mol. The highest BCUT2D eigenvalue weighted by molar-refractivity contribution is 5.10. The molecule has 0 saturated heterocycles. The van der Waals surface area contributed by atoms with E-state index >= 15 is 0 Å². The molecular weight excluding hydrogens is 244 g/mol. The fourth-order valence-electron chi connectivity index (χ4n) is 3.89. The first-order chi connectivity index (χ1) is 9.81. The van der Waals surface area contributed by atoms with Crippen molar-refractivity contribution in [3.63, 3.8) is 0 Å². The zero-order valence-corrected chi connectivity index (χ0v) is 12.8. The van der Waals surface area contributed by atoms with Crippen LogP contribution >= 0.6 is 0 Å². The Kier molecular flexibility index (Phi) is 4.28. The molecule has 2 saturated carbocycles. The topological polar surface area (TPSA) is 17.8 Å². The van der Waals surface area contributed by atoms with Gasteiger partial charge >= 0.3 is 0 Å². The SMILES string of the molecule is C[C@@H](/C=C/CCC1CCCCC1)C1(n2ccnc2)CC1. The Labute approximate surface area is 123 Å². The summed E-state index contributed by atoms with van der Waals surface area (Å²) in [4.78, 5) is 4.21. The summed E-state index contributed by atoms with van der Waals surface area (Å²) in [6.07, 6.45) is 23.5. The predicted molar refractivity (Wildman–Crippen MR) is 83.5 cm³/mol. The van der Waals surface area contributed by atoms with Crippen LogP contribution in [0.25, 0.3) is 0 Å². The second kappa shape index (κ2) is 6.15. The Morgan fingerprint density at radius 2 is 2.10 bits per heavy atom. The number of aromatic nitrogens is 2. The molecule has 2 fully saturated rings. The largest absolute Gasteiger partial charge is 0.331 e. The minimum atomic E-state index is 0.345. The van der Waals surface area contributed by atoms with E-state index in [0.717, 1.165) is 5.92 Å². The van der Waals surface area contributed by atoms with E-state index in [2.05, 4.69) is 34.8 Å². The maximum absolute atomic E-state index is 4.21. The molecule has 0 unspecified atom stereocenters. The average Bonchev–Trinajstić information content (AvgIpc) is 3.12. The fraction of sp³-hybridized carbons (Fsp3) is 0.722. The van der Waals surface area contributed by atoms with E-state index < -0.39 is 0 Å². The Morgan fingerprint density at radius 3 is 2.75 bits per heavy atom. The minimum absolute atomic E-state index is 0.345. The van der Waals surface area contributed by atoms with Crippen LogP contribution in [0.15, 0.2) is 30.9 Å². The highest BCUT2D eigenvalue weighted by atomic mass is 15.1. The van der Waals surface area contributed by atoms with Gasteiger partial charge in [-0.2, -0.15) is 0 Å². The van der Waals surface area contributed by atoms with Crippen LogP contribution in [-0.4, -0.2) is 9.55 Å². The van der Waals surface area contributed by atoms with Crippen molar-refractivity contribution in [1.29, 1.82) is 0 Å². The smallest absolute Gasteiger partial charge is 0.0951 e. The molecule has 110 valence electrons. The molecule has 1 aromatic rings. The zero-order valence-electron chi connectivity index (χ0n) is 12.8. The number of nitrogens with zero attached hydrogens (tertiary/aromatic N) is 2. The van der Waals surface area contributed by atoms with Gasteiger partial charge < -0.3 is 4.57 Å². The van der Waals surface area contributed by atoms with Crippen LogP contribution in [0.2, 0.25) is 0 Å². The van der Waals surface area contributed by atoms with Crippen LogP contribution in [-0.2, 0) is 5.54 Å². The quantitative estimate of drug-likeness (QED) is 0.672. The standard InChI is InChI=1S/C18H28N2/c1-16(18(11-12-18)20-14-13-19-15-20)7-5-6-10-17-8-3-2-4-9-17/h5,7,13-17H,2-4,6,8-12H2,1H3/b7-5+/t16-/m0/s1. The van der Waals surface area contributed by atoms with Crippen LogP contribution in [0, 0.1) is 11.8 Å². The lowest BCUT2D eigenvalue weighted by Crippen LogP contribution is -2.22. The molecule has 2 aliphatic carbocycles. The molecule has 0 aliphatic heterocycles. The van der Waals surface area contributed by atoms with E-state index in [0.29, 0.717) is 11.5 Å². The van der Waals surface area contributed by atoms with Gasteiger partial charge in [0.2, 0.25) is 0 Å². The Bertz CT molecular complexity index is 422. The molecule has 1 heterocycles. The molecule has 2 nitrogen and oxygen atoms in total. The van der Waals surface area contributed by atoms with Gasteiger partial charge in [-0.1, -0.05) is 51.2 Å². The van der Waals surface area contributed by atoms with E-state index in [1.165, 1.54) is 57.8 Å². The maximum atomic E-state index is 4.21. The third-order valence-electron chi connectivity index (χ3n) is 5.52. The van der Waals surface area contributed by atoms with Crippen molar-refractivity contribution >= 4 is 0 Å². The van der Waals surface area contributed by atoms with Gasteiger partial charge in [0, 0.05) is 12.4 Å². The number of rotatable bonds is 6. The summed E-state index contributed by atoms with van der Waals surface area (Å²) in [7, 11) is 0. The van der Waals surface area contributed by atoms with Gasteiger partial charge in [-0.05, 0) is 37.5 Å². The van der Waals surface area contributed by atoms with Crippen molar-refractivity contribution in [2.24, 2.45) is 11.8 Å². The molecule has 0 aromatic carbocycles. The lowest BCUT2D eigenvalue weighted by molar-refractivity contribution is 0.340. The Balaban J connectivity index is 1.46. The highest BCUT2D eigenvalue weighted by Gasteiger charge is 2.47. The molecule has 3 rings (SSSR count). The Hall–Kier alpha value is -1.05. The summed E-state index contributed by atoms with van der Waals surface area (Å²) in [5.74, 6) is 1.63. The van der Waals surface area contributed by atoms with E-state index in [1.807, 2.05) is 12.5 Å². The summed E-state index contributed by atoms with van der Waals surface area (Å²) in [5, 5.41) is 0. The van der Waals surface area contributed by atoms with Gasteiger partial charge in [0.15, 0.2) is 0 Å². The van der Waals surface area contributed by atoms with Crippen molar-refractivity contribution < 1.29 is 0 Å². The number of hydrogen-bond donors (Lipinski definition) is 0. The molecule has 0 bridgehead atoms. The van der Waals surface area contributed by atoms with Crippen LogP contribution in [0.1, 0.15) is 64.7 Å². The molecule has 0 N–H and O–H groups in total. The van der Waals surface area contributed by atoms with Crippen molar-refractivity contribution in [2.75, 3.05) is 0 Å². The third-order valence-corrected chi connectivity index (χ3v) is 5.52. The highest BCUT2D eigenvalue weighted by Crippen LogP contribution is 2.50. The summed E-state index contributed by atoms with van der Waals surface area (Å²) < 4.78 is 2.32. The fourth-order valence-corrected chi connectivity index (χ4v) is 3.89. The molecule has 0 radical (unpaired) electrons. The zero-order chi connectivity index (χ0) is 13.8. The van der Waals surface area contributed by atoms with Crippen molar-refractivity contribution in [1.82, 2.24) is 9.55 Å². The first kappa shape index (κ1) is 13.9. The first-order valence-electron chi connectivity index (χ1n) is 8.46. The monoisotopic (exact) mass is 272 g/mol. The van der Waals surface area contributed by atoms with Crippen LogP contribution in [0.4, 0.5) is 0 Å². The summed E-state index contributed by atoms with van der Waals surface area (Å²) in [6, 6.07) is 0. The van der Waals surface area contributed by atoms with E-state index in [1.54, 1.807) is 0 Å². The van der Waals surface area contributed by atoms with E-state index in [-0.39, 0.29) is 0 Å². The van der Waals surface area contributed by atoms with Crippen molar-refractivity contribution in [3.05, 3.63) is 30.9 Å². The lowest BCUT2D eigenvalue weighted by Gasteiger charge is -2.23. The molecule has 1 aromatic heterocycles. The van der Waals surface area contributed by atoms with Gasteiger partial charge in [-0.25, -0.2) is 4.98 Å². The van der Waals surface area contributed by atoms with Gasteiger partial charge in [0.25, 0.3) is 0 Å². The second-order valence-electron chi connectivity index (χ2n) is 6.87. The summed E-state index contributed by atoms with van der Waals surface area (Å²) in [6.45, 7) is 2.37. The van der Waals surface area contributed by atoms with Gasteiger partial charge in [0.1, 0.15) is 0 Å². The maximum Gasteiger partial charge on any atom is 0.0951 e. The molecule has 0 spiro atoms. The molecular formula is C18H28N2. The molecule has 2 aliphatic rings. The molecule has 1 atom stereocenters. The van der Waals surface area contributed by atoms with E-state index in [4.69, 9.17) is 0 Å². The third kappa shape index (κ3) is 2.99. The molecule has 20 heavy (non-hydrogen) atoms. The minimum Gasteiger partial charge on any atom is -0.331 e. The number of imidazole rings is 1. The van der Waals surface area contributed by atoms with Crippen LogP contribution in [0.3, 0.4) is 0 Å². The van der Waals surface area contributed by atoms with Crippen LogP contribution < -0.4 is 0 Å². The normalized spacial score (nSPS) is 24.1. The van der Waals surface area contributed by atoms with E-state index in [9.17, 15) is 0 Å². The lowest BCUT2D eigenvalue weighted by atomic mass is 9.86. The van der Waals surface area contributed by atoms with Crippen LogP contribution in [0.5, 0.6) is 0 Å². The van der Waals surface area contributed by atoms with Gasteiger partial charge in [-0.15, -0.1) is 0 Å². The van der Waals surface area contributed by atoms with Gasteiger partial charge in [-0.3, -0.25) is 0 Å². The predicted octanol–water partition coefficient (Wildman–Crippen LogP) is 4.93. The second-order valence-corrected chi connectivity index (χ2v) is 6.87. The first-order valence-corrected chi connectivity index (χ1v) is 8.46. The van der Waals surface area contributed by atoms with Crippen molar-refractivity contribution in [3.8, 4) is 0 Å². The number of hydrogen-bond acceptors (Lipinski definition) is 1.